The van der Waals surface area contributed by atoms with Gasteiger partial charge in [0.05, 0.1) is 34.2 Å². The SMILES string of the molecule is N#CCC(=O)N=C1S[C@@H]2CS(=O)(=O)C[C@H]2N1c1ccc(Cl)c(C(F)(F)F)c1. The first-order valence-electron chi connectivity index (χ1n) is 7.53. The molecule has 2 saturated heterocycles. The number of carbonyl (C=O) groups excluding carboxylic acids is 1. The van der Waals surface area contributed by atoms with Crippen molar-refractivity contribution < 1.29 is 26.4 Å². The zero-order chi connectivity index (χ0) is 20.0. The van der Waals surface area contributed by atoms with Crippen molar-refractivity contribution in [1.29, 1.82) is 5.26 Å². The number of thioether (sulfide) groups is 1. The van der Waals surface area contributed by atoms with E-state index in [1.165, 1.54) is 11.0 Å². The van der Waals surface area contributed by atoms with Gasteiger partial charge in [0.25, 0.3) is 5.91 Å². The number of hydrogen-bond acceptors (Lipinski definition) is 5. The highest BCUT2D eigenvalue weighted by atomic mass is 35.5. The molecule has 0 radical (unpaired) electrons. The molecule has 3 rings (SSSR count). The number of hydrogen-bond donors (Lipinski definition) is 0. The fourth-order valence-corrected chi connectivity index (χ4v) is 7.12. The summed E-state index contributed by atoms with van der Waals surface area (Å²) in [5, 5.41) is 7.72. The molecule has 6 nitrogen and oxygen atoms in total. The smallest absolute Gasteiger partial charge is 0.316 e. The van der Waals surface area contributed by atoms with Crippen LogP contribution >= 0.6 is 23.4 Å². The fraction of sp³-hybridized carbons (Fsp3) is 0.400. The number of nitrogens with zero attached hydrogens (tertiary/aromatic N) is 3. The lowest BCUT2D eigenvalue weighted by Gasteiger charge is -2.25. The predicted molar refractivity (Wildman–Crippen MR) is 95.4 cm³/mol. The molecule has 144 valence electrons. The molecule has 12 heteroatoms. The van der Waals surface area contributed by atoms with Crippen LogP contribution in [0.5, 0.6) is 0 Å². The Labute approximate surface area is 161 Å². The van der Waals surface area contributed by atoms with Crippen molar-refractivity contribution in [1.82, 2.24) is 0 Å². The second-order valence-electron chi connectivity index (χ2n) is 5.96. The summed E-state index contributed by atoms with van der Waals surface area (Å²) in [7, 11) is -3.36. The van der Waals surface area contributed by atoms with Crippen LogP contribution in [0, 0.1) is 11.3 Å². The summed E-state index contributed by atoms with van der Waals surface area (Å²) in [6.07, 6.45) is -5.19. The highest BCUT2D eigenvalue weighted by Gasteiger charge is 2.49. The van der Waals surface area contributed by atoms with Crippen LogP contribution in [0.15, 0.2) is 23.2 Å². The van der Waals surface area contributed by atoms with Gasteiger partial charge in [-0.2, -0.15) is 23.4 Å². The number of amidine groups is 1. The Morgan fingerprint density at radius 2 is 2.11 bits per heavy atom. The van der Waals surface area contributed by atoms with Gasteiger partial charge in [-0.25, -0.2) is 8.42 Å². The molecule has 0 aromatic heterocycles. The molecule has 2 fully saturated rings. The molecule has 2 heterocycles. The van der Waals surface area contributed by atoms with Gasteiger partial charge in [-0.3, -0.25) is 4.79 Å². The standard InChI is InChI=1S/C15H11ClF3N3O3S2/c16-10-2-1-8(5-9(10)15(17,18)19)22-11-6-27(24,25)7-12(11)26-14(22)21-13(23)3-4-20/h1-2,5,11-12H,3,6-7H2/t11-,12-/m1/s1. The molecule has 1 aromatic rings. The first-order chi connectivity index (χ1) is 12.5. The molecule has 0 N–H and O–H groups in total. The van der Waals surface area contributed by atoms with E-state index in [0.29, 0.717) is 0 Å². The van der Waals surface area contributed by atoms with E-state index in [1.54, 1.807) is 6.07 Å². The maximum absolute atomic E-state index is 13.2. The van der Waals surface area contributed by atoms with E-state index in [1.807, 2.05) is 0 Å². The average Bonchev–Trinajstić information content (AvgIpc) is 2.98. The van der Waals surface area contributed by atoms with E-state index in [4.69, 9.17) is 16.9 Å². The Balaban J connectivity index is 2.08. The van der Waals surface area contributed by atoms with E-state index in [-0.39, 0.29) is 22.4 Å². The molecule has 0 bridgehead atoms. The van der Waals surface area contributed by atoms with Gasteiger partial charge in [0, 0.05) is 10.9 Å². The number of nitriles is 1. The number of benzene rings is 1. The number of sulfone groups is 1. The van der Waals surface area contributed by atoms with Crippen LogP contribution in [0.25, 0.3) is 0 Å². The largest absolute Gasteiger partial charge is 0.417 e. The Bertz CT molecular complexity index is 973. The van der Waals surface area contributed by atoms with Crippen LogP contribution in [0.1, 0.15) is 12.0 Å². The maximum atomic E-state index is 13.2. The third-order valence-electron chi connectivity index (χ3n) is 4.05. The number of fused-ring (bicyclic) bond motifs is 1. The van der Waals surface area contributed by atoms with Crippen LogP contribution in [-0.4, -0.2) is 42.3 Å². The van der Waals surface area contributed by atoms with Gasteiger partial charge in [-0.05, 0) is 18.2 Å². The molecule has 2 aliphatic heterocycles. The van der Waals surface area contributed by atoms with Gasteiger partial charge in [-0.15, -0.1) is 0 Å². The zero-order valence-electron chi connectivity index (χ0n) is 13.4. The van der Waals surface area contributed by atoms with Crippen LogP contribution < -0.4 is 4.90 Å². The number of alkyl halides is 3. The highest BCUT2D eigenvalue weighted by molar-refractivity contribution is 8.16. The molecule has 2 atom stereocenters. The van der Waals surface area contributed by atoms with Crippen LogP contribution in [0.3, 0.4) is 0 Å². The summed E-state index contributed by atoms with van der Waals surface area (Å²) in [6, 6.07) is 4.18. The minimum Gasteiger partial charge on any atom is -0.316 e. The van der Waals surface area contributed by atoms with E-state index < -0.39 is 50.2 Å². The monoisotopic (exact) mass is 437 g/mol. The van der Waals surface area contributed by atoms with E-state index in [9.17, 15) is 26.4 Å². The molecule has 2 aliphatic rings. The van der Waals surface area contributed by atoms with Gasteiger partial charge in [0.1, 0.15) is 6.42 Å². The number of anilines is 1. The van der Waals surface area contributed by atoms with E-state index >= 15 is 0 Å². The predicted octanol–water partition coefficient (Wildman–Crippen LogP) is 2.87. The third-order valence-corrected chi connectivity index (χ3v) is 7.59. The molecule has 0 spiro atoms. The fourth-order valence-electron chi connectivity index (χ4n) is 2.96. The van der Waals surface area contributed by atoms with Gasteiger partial charge in [-0.1, -0.05) is 23.4 Å². The Morgan fingerprint density at radius 3 is 2.74 bits per heavy atom. The number of amides is 1. The summed E-state index contributed by atoms with van der Waals surface area (Å²) < 4.78 is 63.5. The van der Waals surface area contributed by atoms with Gasteiger partial charge in [0.2, 0.25) is 0 Å². The summed E-state index contributed by atoms with van der Waals surface area (Å²) in [4.78, 5) is 16.9. The lowest BCUT2D eigenvalue weighted by Crippen LogP contribution is -2.37. The summed E-state index contributed by atoms with van der Waals surface area (Å²) in [6.45, 7) is 0. The number of aliphatic imine (C=N–C) groups is 1. The lowest BCUT2D eigenvalue weighted by atomic mass is 10.1. The van der Waals surface area contributed by atoms with Crippen molar-refractivity contribution >= 4 is 50.0 Å². The molecule has 1 amide bonds. The molecular formula is C15H11ClF3N3O3S2. The van der Waals surface area contributed by atoms with Gasteiger partial charge < -0.3 is 4.90 Å². The van der Waals surface area contributed by atoms with Crippen molar-refractivity contribution in [3.8, 4) is 6.07 Å². The summed E-state index contributed by atoms with van der Waals surface area (Å²) in [5.41, 5.74) is -1.04. The minimum absolute atomic E-state index is 0.0346. The van der Waals surface area contributed by atoms with Gasteiger partial charge in [0.15, 0.2) is 15.0 Å². The molecule has 0 unspecified atom stereocenters. The summed E-state index contributed by atoms with van der Waals surface area (Å²) >= 11 is 6.66. The van der Waals surface area contributed by atoms with Crippen molar-refractivity contribution in [3.05, 3.63) is 28.8 Å². The molecule has 27 heavy (non-hydrogen) atoms. The van der Waals surface area contributed by atoms with Crippen molar-refractivity contribution in [2.24, 2.45) is 4.99 Å². The van der Waals surface area contributed by atoms with Gasteiger partial charge >= 0.3 is 6.18 Å². The lowest BCUT2D eigenvalue weighted by molar-refractivity contribution is -0.137. The van der Waals surface area contributed by atoms with E-state index in [2.05, 4.69) is 4.99 Å². The number of carbonyl (C=O) groups is 1. The first kappa shape index (κ1) is 20.0. The highest BCUT2D eigenvalue weighted by Crippen LogP contribution is 2.43. The number of halogens is 4. The molecule has 0 saturated carbocycles. The third kappa shape index (κ3) is 4.07. The normalized spacial score (nSPS) is 25.4. The quantitative estimate of drug-likeness (QED) is 0.706. The minimum atomic E-state index is -4.70. The maximum Gasteiger partial charge on any atom is 0.417 e. The van der Waals surface area contributed by atoms with Crippen molar-refractivity contribution in [2.45, 2.75) is 23.9 Å². The first-order valence-corrected chi connectivity index (χ1v) is 10.6. The second-order valence-corrected chi connectivity index (χ2v) is 9.72. The second kappa shape index (κ2) is 7.00. The van der Waals surface area contributed by atoms with Crippen molar-refractivity contribution in [2.75, 3.05) is 16.4 Å². The summed E-state index contributed by atoms with van der Waals surface area (Å²) in [5.74, 6) is -1.18. The van der Waals surface area contributed by atoms with Crippen LogP contribution in [0.4, 0.5) is 18.9 Å². The topological polar surface area (TPSA) is 90.6 Å². The zero-order valence-corrected chi connectivity index (χ0v) is 15.8. The Hall–Kier alpha value is -1.77. The Kier molecular flexibility index (Phi) is 5.18. The van der Waals surface area contributed by atoms with Crippen molar-refractivity contribution in [3.63, 3.8) is 0 Å². The molecule has 1 aromatic carbocycles. The number of rotatable bonds is 2. The average molecular weight is 438 g/mol. The van der Waals surface area contributed by atoms with Crippen LogP contribution in [0.2, 0.25) is 5.02 Å². The molecule has 0 aliphatic carbocycles. The van der Waals surface area contributed by atoms with Crippen LogP contribution in [-0.2, 0) is 20.8 Å². The van der Waals surface area contributed by atoms with E-state index in [0.717, 1.165) is 23.9 Å². The molecular weight excluding hydrogens is 427 g/mol. The Morgan fingerprint density at radius 1 is 1.41 bits per heavy atom.